The van der Waals surface area contributed by atoms with Crippen molar-refractivity contribution in [3.63, 3.8) is 0 Å². The molecule has 0 saturated carbocycles. The monoisotopic (exact) mass is 393 g/mol. The van der Waals surface area contributed by atoms with Crippen LogP contribution in [0.3, 0.4) is 0 Å². The molecule has 2 aromatic heterocycles. The van der Waals surface area contributed by atoms with Gasteiger partial charge in [0.15, 0.2) is 0 Å². The summed E-state index contributed by atoms with van der Waals surface area (Å²) in [6.07, 6.45) is 4.30. The Hall–Kier alpha value is -3.22. The summed E-state index contributed by atoms with van der Waals surface area (Å²) in [4.78, 5) is 33.8. The topological polar surface area (TPSA) is 88.9 Å². The lowest BCUT2D eigenvalue weighted by atomic mass is 10.1. The van der Waals surface area contributed by atoms with Gasteiger partial charge >= 0.3 is 0 Å². The number of amides is 2. The fourth-order valence-electron chi connectivity index (χ4n) is 3.08. The van der Waals surface area contributed by atoms with Gasteiger partial charge in [0.1, 0.15) is 5.65 Å². The van der Waals surface area contributed by atoms with Crippen LogP contribution < -0.4 is 10.6 Å². The number of carbonyl (C=O) groups excluding carboxylic acids is 2. The zero-order valence-electron chi connectivity index (χ0n) is 17.5. The van der Waals surface area contributed by atoms with Crippen molar-refractivity contribution in [1.29, 1.82) is 0 Å². The standard InChI is InChI=1S/C22H27N5O2/c1-6-14-8-10-15(11-9-14)19(28)26-21-24-12-16-17(20(29)23-7-2)13-27(18(16)25-21)22(3,4)5/h8-13H,6-7H2,1-5H3,(H,23,29)(H,24,25,26,28). The summed E-state index contributed by atoms with van der Waals surface area (Å²) in [5.41, 5.74) is 2.53. The van der Waals surface area contributed by atoms with E-state index in [1.807, 2.05) is 44.4 Å². The van der Waals surface area contributed by atoms with Gasteiger partial charge in [0, 0.05) is 30.0 Å². The Balaban J connectivity index is 1.97. The van der Waals surface area contributed by atoms with Gasteiger partial charge in [-0.25, -0.2) is 4.98 Å². The van der Waals surface area contributed by atoms with E-state index in [-0.39, 0.29) is 23.3 Å². The summed E-state index contributed by atoms with van der Waals surface area (Å²) >= 11 is 0. The quantitative estimate of drug-likeness (QED) is 0.691. The first-order chi connectivity index (χ1) is 13.7. The van der Waals surface area contributed by atoms with Crippen molar-refractivity contribution in [1.82, 2.24) is 19.9 Å². The van der Waals surface area contributed by atoms with E-state index in [0.717, 1.165) is 6.42 Å². The molecule has 2 heterocycles. The molecule has 0 saturated heterocycles. The first-order valence-electron chi connectivity index (χ1n) is 9.81. The van der Waals surface area contributed by atoms with Gasteiger partial charge in [-0.2, -0.15) is 4.98 Å². The van der Waals surface area contributed by atoms with Gasteiger partial charge in [0.25, 0.3) is 11.8 Å². The highest BCUT2D eigenvalue weighted by molar-refractivity contribution is 6.07. The van der Waals surface area contributed by atoms with Crippen LogP contribution in [0, 0.1) is 0 Å². The second kappa shape index (κ2) is 8.03. The van der Waals surface area contributed by atoms with Crippen LogP contribution in [0.4, 0.5) is 5.95 Å². The largest absolute Gasteiger partial charge is 0.352 e. The molecule has 0 spiro atoms. The number of anilines is 1. The molecule has 152 valence electrons. The minimum absolute atomic E-state index is 0.170. The van der Waals surface area contributed by atoms with Gasteiger partial charge in [-0.05, 0) is 51.8 Å². The Bertz CT molecular complexity index is 1050. The molecule has 7 heteroatoms. The molecular formula is C22H27N5O2. The van der Waals surface area contributed by atoms with Gasteiger partial charge in [-0.15, -0.1) is 0 Å². The van der Waals surface area contributed by atoms with Crippen molar-refractivity contribution in [3.05, 3.63) is 53.3 Å². The SMILES string of the molecule is CCNC(=O)c1cn(C(C)(C)C)c2nc(NC(=O)c3ccc(CC)cc3)ncc12. The molecule has 0 bridgehead atoms. The Morgan fingerprint density at radius 3 is 2.34 bits per heavy atom. The van der Waals surface area contributed by atoms with Crippen LogP contribution in [0.1, 0.15) is 60.9 Å². The van der Waals surface area contributed by atoms with E-state index in [1.165, 1.54) is 5.56 Å². The summed E-state index contributed by atoms with van der Waals surface area (Å²) in [6, 6.07) is 7.44. The summed E-state index contributed by atoms with van der Waals surface area (Å²) in [7, 11) is 0. The number of aromatic nitrogens is 3. The van der Waals surface area contributed by atoms with Gasteiger partial charge in [0.05, 0.1) is 10.9 Å². The van der Waals surface area contributed by atoms with E-state index in [0.29, 0.717) is 28.7 Å². The van der Waals surface area contributed by atoms with Crippen LogP contribution in [0.5, 0.6) is 0 Å². The van der Waals surface area contributed by atoms with E-state index in [9.17, 15) is 9.59 Å². The molecule has 3 rings (SSSR count). The molecule has 3 aromatic rings. The third-order valence-corrected chi connectivity index (χ3v) is 4.70. The van der Waals surface area contributed by atoms with Gasteiger partial charge in [-0.1, -0.05) is 19.1 Å². The number of nitrogens with zero attached hydrogens (tertiary/aromatic N) is 3. The minimum atomic E-state index is -0.297. The molecule has 0 atom stereocenters. The van der Waals surface area contributed by atoms with Crippen molar-refractivity contribution < 1.29 is 9.59 Å². The fraction of sp³-hybridized carbons (Fsp3) is 0.364. The van der Waals surface area contributed by atoms with Crippen LogP contribution in [0.2, 0.25) is 0 Å². The van der Waals surface area contributed by atoms with Crippen molar-refractivity contribution in [2.75, 3.05) is 11.9 Å². The number of nitrogens with one attached hydrogen (secondary N) is 2. The summed E-state index contributed by atoms with van der Waals surface area (Å²) < 4.78 is 1.93. The van der Waals surface area contributed by atoms with Crippen molar-refractivity contribution >= 4 is 28.8 Å². The van der Waals surface area contributed by atoms with Crippen LogP contribution in [-0.2, 0) is 12.0 Å². The van der Waals surface area contributed by atoms with E-state index in [2.05, 4.69) is 27.5 Å². The van der Waals surface area contributed by atoms with Crippen LogP contribution in [-0.4, -0.2) is 32.9 Å². The highest BCUT2D eigenvalue weighted by Crippen LogP contribution is 2.27. The number of fused-ring (bicyclic) bond motifs is 1. The normalized spacial score (nSPS) is 11.5. The molecule has 0 aliphatic heterocycles. The molecule has 0 radical (unpaired) electrons. The predicted molar refractivity (Wildman–Crippen MR) is 114 cm³/mol. The molecule has 2 amide bonds. The minimum Gasteiger partial charge on any atom is -0.352 e. The highest BCUT2D eigenvalue weighted by atomic mass is 16.2. The smallest absolute Gasteiger partial charge is 0.258 e. The lowest BCUT2D eigenvalue weighted by Crippen LogP contribution is -2.23. The molecule has 0 aliphatic carbocycles. The maximum Gasteiger partial charge on any atom is 0.258 e. The average Bonchev–Trinajstić information content (AvgIpc) is 3.07. The lowest BCUT2D eigenvalue weighted by molar-refractivity contribution is 0.0956. The lowest BCUT2D eigenvalue weighted by Gasteiger charge is -2.22. The third-order valence-electron chi connectivity index (χ3n) is 4.70. The van der Waals surface area contributed by atoms with E-state index in [1.54, 1.807) is 24.5 Å². The molecule has 7 nitrogen and oxygen atoms in total. The molecule has 29 heavy (non-hydrogen) atoms. The molecular weight excluding hydrogens is 366 g/mol. The molecule has 2 N–H and O–H groups in total. The highest BCUT2D eigenvalue weighted by Gasteiger charge is 2.23. The third kappa shape index (κ3) is 4.29. The van der Waals surface area contributed by atoms with Crippen molar-refractivity contribution in [3.8, 4) is 0 Å². The average molecular weight is 393 g/mol. The van der Waals surface area contributed by atoms with Gasteiger partial charge in [0.2, 0.25) is 5.95 Å². The summed E-state index contributed by atoms with van der Waals surface area (Å²) in [5.74, 6) is -0.241. The fourth-order valence-corrected chi connectivity index (χ4v) is 3.08. The Labute approximate surface area is 170 Å². The Morgan fingerprint density at radius 1 is 1.07 bits per heavy atom. The molecule has 0 aliphatic rings. The van der Waals surface area contributed by atoms with Gasteiger partial charge in [-0.3, -0.25) is 14.9 Å². The second-order valence-electron chi connectivity index (χ2n) is 7.88. The van der Waals surface area contributed by atoms with E-state index >= 15 is 0 Å². The van der Waals surface area contributed by atoms with Crippen LogP contribution in [0.25, 0.3) is 11.0 Å². The summed E-state index contributed by atoms with van der Waals surface area (Å²) in [6.45, 7) is 10.6. The molecule has 0 fully saturated rings. The Morgan fingerprint density at radius 2 is 1.76 bits per heavy atom. The predicted octanol–water partition coefficient (Wildman–Crippen LogP) is 3.75. The maximum atomic E-state index is 12.6. The zero-order valence-corrected chi connectivity index (χ0v) is 17.5. The first kappa shape index (κ1) is 20.5. The zero-order chi connectivity index (χ0) is 21.2. The van der Waals surface area contributed by atoms with Crippen LogP contribution in [0.15, 0.2) is 36.7 Å². The first-order valence-corrected chi connectivity index (χ1v) is 9.81. The van der Waals surface area contributed by atoms with E-state index in [4.69, 9.17) is 0 Å². The van der Waals surface area contributed by atoms with Crippen molar-refractivity contribution in [2.45, 2.75) is 46.6 Å². The van der Waals surface area contributed by atoms with E-state index < -0.39 is 0 Å². The number of benzene rings is 1. The van der Waals surface area contributed by atoms with Crippen LogP contribution >= 0.6 is 0 Å². The number of hydrogen-bond donors (Lipinski definition) is 2. The number of carbonyl (C=O) groups is 2. The van der Waals surface area contributed by atoms with Gasteiger partial charge < -0.3 is 9.88 Å². The molecule has 0 unspecified atom stereocenters. The van der Waals surface area contributed by atoms with Crippen molar-refractivity contribution in [2.24, 2.45) is 0 Å². The number of aryl methyl sites for hydroxylation is 1. The number of rotatable bonds is 5. The maximum absolute atomic E-state index is 12.6. The number of hydrogen-bond acceptors (Lipinski definition) is 4. The second-order valence-corrected chi connectivity index (χ2v) is 7.88. The Kier molecular flexibility index (Phi) is 5.68. The molecule has 1 aromatic carbocycles. The summed E-state index contributed by atoms with van der Waals surface area (Å²) in [5, 5.41) is 6.22.